The van der Waals surface area contributed by atoms with Crippen LogP contribution in [0.5, 0.6) is 5.88 Å². The molecular formula is C26H29Cl2F3N4O4. The van der Waals surface area contributed by atoms with E-state index in [4.69, 9.17) is 37.6 Å². The number of nitrogens with zero attached hydrogens (tertiary/aromatic N) is 2. The standard InChI is InChI=1S/C26H28ClF3N4O4.ClH/c27-17-7-8-18(19(11-17)16-2-1-9-37-13-16)23(26(28,29)30)38-22-12-21(33-25(32)34-22)15-5-3-14(4-6-15)10-20(31)24(35)36;/h2,5,7-8,11-12,14,20,23H,1,3-4,6,9-10,13,31H2,(H,35,36)(H2,32,33,34);1H/t14-,20+,23-;/m1./s1. The Labute approximate surface area is 234 Å². The predicted octanol–water partition coefficient (Wildman–Crippen LogP) is 5.61. The van der Waals surface area contributed by atoms with Gasteiger partial charge in [-0.1, -0.05) is 29.8 Å². The zero-order chi connectivity index (χ0) is 27.4. The zero-order valence-corrected chi connectivity index (χ0v) is 22.4. The molecule has 1 aliphatic carbocycles. The zero-order valence-electron chi connectivity index (χ0n) is 20.8. The van der Waals surface area contributed by atoms with E-state index < -0.39 is 24.3 Å². The molecular weight excluding hydrogens is 560 g/mol. The molecule has 8 nitrogen and oxygen atoms in total. The number of hydrogen-bond donors (Lipinski definition) is 3. The lowest BCUT2D eigenvalue weighted by molar-refractivity contribution is -0.198. The molecule has 1 aromatic carbocycles. The number of carboxylic acid groups (broad SMARTS) is 1. The van der Waals surface area contributed by atoms with Crippen molar-refractivity contribution < 1.29 is 32.5 Å². The van der Waals surface area contributed by atoms with Crippen molar-refractivity contribution in [1.29, 1.82) is 0 Å². The summed E-state index contributed by atoms with van der Waals surface area (Å²) in [6.07, 6.45) is -0.760. The summed E-state index contributed by atoms with van der Waals surface area (Å²) in [4.78, 5) is 19.1. The number of carboxylic acids is 1. The third-order valence-corrected chi connectivity index (χ3v) is 6.80. The molecule has 212 valence electrons. The molecule has 39 heavy (non-hydrogen) atoms. The van der Waals surface area contributed by atoms with E-state index in [0.717, 1.165) is 5.57 Å². The summed E-state index contributed by atoms with van der Waals surface area (Å²) in [5.74, 6) is -1.52. The van der Waals surface area contributed by atoms with Crippen LogP contribution in [0.1, 0.15) is 55.0 Å². The first kappa shape index (κ1) is 30.7. The molecule has 0 radical (unpaired) electrons. The molecule has 0 amide bonds. The van der Waals surface area contributed by atoms with Gasteiger partial charge in [0.05, 0.1) is 18.9 Å². The second-order valence-corrected chi connectivity index (χ2v) is 9.78. The van der Waals surface area contributed by atoms with E-state index in [1.165, 1.54) is 24.3 Å². The van der Waals surface area contributed by atoms with Gasteiger partial charge in [-0.05, 0) is 66.9 Å². The molecule has 2 heterocycles. The molecule has 0 saturated carbocycles. The molecule has 2 aliphatic rings. The number of nitrogens with two attached hydrogens (primary N) is 2. The van der Waals surface area contributed by atoms with Gasteiger partial charge in [-0.3, -0.25) is 4.79 Å². The molecule has 4 rings (SSSR count). The van der Waals surface area contributed by atoms with Crippen molar-refractivity contribution in [1.82, 2.24) is 9.97 Å². The van der Waals surface area contributed by atoms with Crippen LogP contribution in [0.4, 0.5) is 19.1 Å². The second kappa shape index (κ2) is 13.0. The first-order valence-electron chi connectivity index (χ1n) is 12.1. The Balaban J connectivity index is 0.00000420. The average molecular weight is 589 g/mol. The van der Waals surface area contributed by atoms with E-state index in [1.807, 2.05) is 12.2 Å². The lowest BCUT2D eigenvalue weighted by Crippen LogP contribution is -2.32. The van der Waals surface area contributed by atoms with Crippen LogP contribution in [0.3, 0.4) is 0 Å². The van der Waals surface area contributed by atoms with Crippen molar-refractivity contribution in [3.05, 3.63) is 58.3 Å². The molecule has 0 bridgehead atoms. The molecule has 13 heteroatoms. The number of hydrogen-bond acceptors (Lipinski definition) is 7. The molecule has 0 unspecified atom stereocenters. The van der Waals surface area contributed by atoms with Crippen LogP contribution in [-0.2, 0) is 9.53 Å². The molecule has 0 spiro atoms. The summed E-state index contributed by atoms with van der Waals surface area (Å²) in [7, 11) is 0. The number of ether oxygens (including phenoxy) is 2. The molecule has 0 fully saturated rings. The second-order valence-electron chi connectivity index (χ2n) is 9.34. The van der Waals surface area contributed by atoms with Crippen molar-refractivity contribution in [2.75, 3.05) is 18.9 Å². The van der Waals surface area contributed by atoms with Gasteiger partial charge < -0.3 is 26.0 Å². The van der Waals surface area contributed by atoms with Crippen LogP contribution in [0.2, 0.25) is 5.02 Å². The maximum Gasteiger partial charge on any atom is 0.429 e. The largest absolute Gasteiger partial charge is 0.480 e. The van der Waals surface area contributed by atoms with Crippen LogP contribution in [0.25, 0.3) is 11.1 Å². The van der Waals surface area contributed by atoms with Crippen molar-refractivity contribution in [3.8, 4) is 5.88 Å². The normalized spacial score (nSPS) is 19.3. The Morgan fingerprint density at radius 3 is 2.62 bits per heavy atom. The third-order valence-electron chi connectivity index (χ3n) is 6.56. The molecule has 1 aromatic heterocycles. The van der Waals surface area contributed by atoms with E-state index in [-0.39, 0.29) is 47.3 Å². The van der Waals surface area contributed by atoms with Gasteiger partial charge >= 0.3 is 12.1 Å². The minimum atomic E-state index is -4.78. The first-order valence-corrected chi connectivity index (χ1v) is 12.5. The average Bonchev–Trinajstić information content (AvgIpc) is 2.87. The van der Waals surface area contributed by atoms with Gasteiger partial charge in [-0.15, -0.1) is 12.4 Å². The number of alkyl halides is 3. The highest BCUT2D eigenvalue weighted by Gasteiger charge is 2.45. The number of allylic oxidation sites excluding steroid dienone is 2. The molecule has 3 atom stereocenters. The van der Waals surface area contributed by atoms with Gasteiger partial charge in [0.15, 0.2) is 0 Å². The van der Waals surface area contributed by atoms with Gasteiger partial charge in [0, 0.05) is 16.7 Å². The smallest absolute Gasteiger partial charge is 0.429 e. The van der Waals surface area contributed by atoms with Crippen molar-refractivity contribution in [2.45, 2.75) is 50.4 Å². The molecule has 5 N–H and O–H groups in total. The Kier molecular flexibility index (Phi) is 10.2. The fourth-order valence-electron chi connectivity index (χ4n) is 4.67. The summed E-state index contributed by atoms with van der Waals surface area (Å²) in [6, 6.07) is 4.54. The lowest BCUT2D eigenvalue weighted by Gasteiger charge is -2.26. The fraction of sp³-hybridized carbons (Fsp3) is 0.423. The van der Waals surface area contributed by atoms with Crippen molar-refractivity contribution >= 4 is 47.1 Å². The van der Waals surface area contributed by atoms with Crippen LogP contribution in [0.15, 0.2) is 36.4 Å². The Hall–Kier alpha value is -2.86. The predicted molar refractivity (Wildman–Crippen MR) is 144 cm³/mol. The number of benzene rings is 1. The minimum absolute atomic E-state index is 0. The van der Waals surface area contributed by atoms with Crippen LogP contribution >= 0.6 is 24.0 Å². The van der Waals surface area contributed by atoms with Crippen LogP contribution in [0, 0.1) is 5.92 Å². The number of carbonyl (C=O) groups is 1. The Morgan fingerprint density at radius 2 is 2.00 bits per heavy atom. The number of aliphatic carboxylic acids is 1. The Morgan fingerprint density at radius 1 is 1.23 bits per heavy atom. The number of aromatic nitrogens is 2. The van der Waals surface area contributed by atoms with E-state index in [1.54, 1.807) is 0 Å². The lowest BCUT2D eigenvalue weighted by atomic mass is 9.84. The summed E-state index contributed by atoms with van der Waals surface area (Å²) in [5, 5.41) is 9.33. The van der Waals surface area contributed by atoms with Gasteiger partial charge in [0.2, 0.25) is 17.9 Å². The SMILES string of the molecule is Cl.Nc1nc(O[C@H](c2ccc(Cl)cc2C2=CCCOC2)C(F)(F)F)cc(C2=CC[C@@H](C[C@H](N)C(=O)O)CC2)n1. The van der Waals surface area contributed by atoms with E-state index in [2.05, 4.69) is 9.97 Å². The first-order chi connectivity index (χ1) is 18.0. The quantitative estimate of drug-likeness (QED) is 0.362. The highest BCUT2D eigenvalue weighted by Crippen LogP contribution is 2.41. The number of nitrogen functional groups attached to an aromatic ring is 1. The van der Waals surface area contributed by atoms with Gasteiger partial charge in [-0.2, -0.15) is 18.2 Å². The summed E-state index contributed by atoms with van der Waals surface area (Å²) >= 11 is 6.13. The third kappa shape index (κ3) is 7.84. The van der Waals surface area contributed by atoms with Crippen molar-refractivity contribution in [3.63, 3.8) is 0 Å². The van der Waals surface area contributed by atoms with Gasteiger partial charge in [0.1, 0.15) is 6.04 Å². The number of halogens is 5. The maximum absolute atomic E-state index is 14.4. The van der Waals surface area contributed by atoms with E-state index in [0.29, 0.717) is 55.5 Å². The van der Waals surface area contributed by atoms with Crippen LogP contribution in [-0.4, -0.2) is 46.5 Å². The molecule has 0 saturated heterocycles. The summed E-state index contributed by atoms with van der Waals surface area (Å²) < 4.78 is 54.0. The highest BCUT2D eigenvalue weighted by molar-refractivity contribution is 6.30. The topological polar surface area (TPSA) is 134 Å². The van der Waals surface area contributed by atoms with E-state index >= 15 is 0 Å². The number of rotatable bonds is 8. The van der Waals surface area contributed by atoms with Gasteiger partial charge in [-0.25, -0.2) is 4.98 Å². The molecule has 2 aromatic rings. The Bertz CT molecular complexity index is 1260. The van der Waals surface area contributed by atoms with Crippen molar-refractivity contribution in [2.24, 2.45) is 11.7 Å². The number of anilines is 1. The summed E-state index contributed by atoms with van der Waals surface area (Å²) in [6.45, 7) is 0.652. The monoisotopic (exact) mass is 588 g/mol. The maximum atomic E-state index is 14.4. The minimum Gasteiger partial charge on any atom is -0.480 e. The van der Waals surface area contributed by atoms with Crippen LogP contribution < -0.4 is 16.2 Å². The summed E-state index contributed by atoms with van der Waals surface area (Å²) in [5.41, 5.74) is 13.4. The van der Waals surface area contributed by atoms with E-state index in [9.17, 15) is 18.0 Å². The highest BCUT2D eigenvalue weighted by atomic mass is 35.5. The van der Waals surface area contributed by atoms with Gasteiger partial charge in [0.25, 0.3) is 0 Å². The molecule has 1 aliphatic heterocycles. The fourth-order valence-corrected chi connectivity index (χ4v) is 4.84.